The maximum atomic E-state index is 11.8. The molecule has 1 aromatic carbocycles. The van der Waals surface area contributed by atoms with Gasteiger partial charge in [0.05, 0.1) is 17.4 Å². The second-order valence-corrected chi connectivity index (χ2v) is 6.78. The van der Waals surface area contributed by atoms with Gasteiger partial charge in [-0.1, -0.05) is 12.8 Å². The van der Waals surface area contributed by atoms with Crippen molar-refractivity contribution in [3.8, 4) is 0 Å². The summed E-state index contributed by atoms with van der Waals surface area (Å²) in [5, 5.41) is 6.45. The Bertz CT molecular complexity index is 969. The van der Waals surface area contributed by atoms with Gasteiger partial charge >= 0.3 is 0 Å². The molecule has 9 nitrogen and oxygen atoms in total. The summed E-state index contributed by atoms with van der Waals surface area (Å²) in [5.41, 5.74) is 14.4. The molecule has 7 N–H and O–H groups in total. The first kappa shape index (κ1) is 17.2. The Balaban J connectivity index is 1.61. The normalized spacial score (nSPS) is 19.7. The zero-order valence-electron chi connectivity index (χ0n) is 14.8. The van der Waals surface area contributed by atoms with E-state index in [9.17, 15) is 4.79 Å². The number of aromatic nitrogens is 4. The molecule has 1 saturated carbocycles. The van der Waals surface area contributed by atoms with Crippen LogP contribution in [-0.4, -0.2) is 37.9 Å². The first-order chi connectivity index (χ1) is 13.1. The van der Waals surface area contributed by atoms with Gasteiger partial charge in [0.2, 0.25) is 5.95 Å². The van der Waals surface area contributed by atoms with Crippen molar-refractivity contribution in [2.24, 2.45) is 11.5 Å². The summed E-state index contributed by atoms with van der Waals surface area (Å²) >= 11 is 0. The van der Waals surface area contributed by atoms with Crippen LogP contribution in [0.5, 0.6) is 0 Å². The molecule has 0 bridgehead atoms. The SMILES string of the molecule is NC(=O)c1cnc(N[C@@H]2CCCC[C@@H]2N)nc1Nc1ccc2nc[nH]c2c1. The second kappa shape index (κ2) is 7.20. The van der Waals surface area contributed by atoms with Gasteiger partial charge in [0.15, 0.2) is 0 Å². The lowest BCUT2D eigenvalue weighted by Crippen LogP contribution is -2.43. The Labute approximate surface area is 156 Å². The lowest BCUT2D eigenvalue weighted by Gasteiger charge is -2.29. The molecule has 4 rings (SSSR count). The van der Waals surface area contributed by atoms with Crippen molar-refractivity contribution in [2.75, 3.05) is 10.6 Å². The number of aromatic amines is 1. The predicted molar refractivity (Wildman–Crippen MR) is 104 cm³/mol. The number of carbonyl (C=O) groups is 1. The summed E-state index contributed by atoms with van der Waals surface area (Å²) in [6, 6.07) is 5.81. The van der Waals surface area contributed by atoms with E-state index in [2.05, 4.69) is 30.6 Å². The number of rotatable bonds is 5. The number of H-pyrrole nitrogens is 1. The van der Waals surface area contributed by atoms with E-state index in [0.717, 1.165) is 42.4 Å². The number of nitrogens with zero attached hydrogens (tertiary/aromatic N) is 3. The first-order valence-electron chi connectivity index (χ1n) is 8.99. The molecule has 3 aromatic rings. The van der Waals surface area contributed by atoms with Crippen LogP contribution in [0.1, 0.15) is 36.0 Å². The molecule has 2 atom stereocenters. The Hall–Kier alpha value is -3.20. The zero-order valence-corrected chi connectivity index (χ0v) is 14.8. The minimum Gasteiger partial charge on any atom is -0.365 e. The highest BCUT2D eigenvalue weighted by Crippen LogP contribution is 2.24. The van der Waals surface area contributed by atoms with Gasteiger partial charge in [-0.3, -0.25) is 4.79 Å². The molecule has 0 radical (unpaired) electrons. The smallest absolute Gasteiger partial charge is 0.254 e. The molecule has 0 saturated heterocycles. The average Bonchev–Trinajstić information content (AvgIpc) is 3.11. The highest BCUT2D eigenvalue weighted by molar-refractivity contribution is 5.98. The molecule has 1 fully saturated rings. The number of primary amides is 1. The lowest BCUT2D eigenvalue weighted by molar-refractivity contribution is 0.100. The van der Waals surface area contributed by atoms with Crippen LogP contribution < -0.4 is 22.1 Å². The third kappa shape index (κ3) is 3.68. The summed E-state index contributed by atoms with van der Waals surface area (Å²) in [6.07, 6.45) is 7.28. The van der Waals surface area contributed by atoms with Crippen molar-refractivity contribution in [2.45, 2.75) is 37.8 Å². The number of carbonyl (C=O) groups excluding carboxylic acids is 1. The van der Waals surface area contributed by atoms with Crippen LogP contribution in [0.4, 0.5) is 17.5 Å². The Morgan fingerprint density at radius 1 is 1.22 bits per heavy atom. The molecule has 2 heterocycles. The van der Waals surface area contributed by atoms with Gasteiger partial charge < -0.3 is 27.1 Å². The number of nitrogens with one attached hydrogen (secondary N) is 3. The van der Waals surface area contributed by atoms with E-state index in [1.54, 1.807) is 6.33 Å². The van der Waals surface area contributed by atoms with Crippen molar-refractivity contribution in [3.05, 3.63) is 36.3 Å². The van der Waals surface area contributed by atoms with Crippen LogP contribution in [0.3, 0.4) is 0 Å². The number of amides is 1. The van der Waals surface area contributed by atoms with E-state index in [1.165, 1.54) is 6.20 Å². The van der Waals surface area contributed by atoms with Gasteiger partial charge in [-0.15, -0.1) is 0 Å². The summed E-state index contributed by atoms with van der Waals surface area (Å²) in [5.74, 6) is 0.178. The maximum absolute atomic E-state index is 11.8. The molecule has 1 aliphatic carbocycles. The summed E-state index contributed by atoms with van der Waals surface area (Å²) in [6.45, 7) is 0. The molecule has 1 amide bonds. The van der Waals surface area contributed by atoms with E-state index >= 15 is 0 Å². The third-order valence-corrected chi connectivity index (χ3v) is 4.87. The predicted octanol–water partition coefficient (Wildman–Crippen LogP) is 1.88. The molecule has 9 heteroatoms. The molecular formula is C18H22N8O. The number of fused-ring (bicyclic) bond motifs is 1. The largest absolute Gasteiger partial charge is 0.365 e. The fourth-order valence-electron chi connectivity index (χ4n) is 3.38. The fraction of sp³-hybridized carbons (Fsp3) is 0.333. The number of imidazole rings is 1. The highest BCUT2D eigenvalue weighted by Gasteiger charge is 2.23. The number of hydrogen-bond donors (Lipinski definition) is 5. The Morgan fingerprint density at radius 3 is 2.89 bits per heavy atom. The molecular weight excluding hydrogens is 344 g/mol. The van der Waals surface area contributed by atoms with Gasteiger partial charge in [0, 0.05) is 24.0 Å². The van der Waals surface area contributed by atoms with Crippen LogP contribution in [0.2, 0.25) is 0 Å². The monoisotopic (exact) mass is 366 g/mol. The van der Waals surface area contributed by atoms with Gasteiger partial charge in [-0.2, -0.15) is 4.98 Å². The van der Waals surface area contributed by atoms with Gasteiger partial charge in [-0.25, -0.2) is 9.97 Å². The third-order valence-electron chi connectivity index (χ3n) is 4.87. The summed E-state index contributed by atoms with van der Waals surface area (Å²) < 4.78 is 0. The highest BCUT2D eigenvalue weighted by atomic mass is 16.1. The molecule has 0 spiro atoms. The van der Waals surface area contributed by atoms with Crippen LogP contribution in [0.15, 0.2) is 30.7 Å². The van der Waals surface area contributed by atoms with Crippen LogP contribution in [0.25, 0.3) is 11.0 Å². The maximum Gasteiger partial charge on any atom is 0.254 e. The molecule has 1 aliphatic rings. The van der Waals surface area contributed by atoms with Gasteiger partial charge in [0.1, 0.15) is 11.4 Å². The van der Waals surface area contributed by atoms with Crippen molar-refractivity contribution < 1.29 is 4.79 Å². The summed E-state index contributed by atoms with van der Waals surface area (Å²) in [7, 11) is 0. The number of benzene rings is 1. The van der Waals surface area contributed by atoms with E-state index in [0.29, 0.717) is 11.8 Å². The van der Waals surface area contributed by atoms with Gasteiger partial charge in [-0.05, 0) is 31.0 Å². The first-order valence-corrected chi connectivity index (χ1v) is 8.99. The number of nitrogens with two attached hydrogens (primary N) is 2. The summed E-state index contributed by atoms with van der Waals surface area (Å²) in [4.78, 5) is 27.7. The Kier molecular flexibility index (Phi) is 4.59. The number of anilines is 3. The molecule has 0 aliphatic heterocycles. The van der Waals surface area contributed by atoms with Crippen LogP contribution >= 0.6 is 0 Å². The van der Waals surface area contributed by atoms with E-state index in [-0.39, 0.29) is 17.6 Å². The quantitative estimate of drug-likeness (QED) is 0.463. The average molecular weight is 366 g/mol. The minimum absolute atomic E-state index is 0.0670. The van der Waals surface area contributed by atoms with Crippen LogP contribution in [0, 0.1) is 0 Å². The zero-order chi connectivity index (χ0) is 18.8. The lowest BCUT2D eigenvalue weighted by atomic mass is 9.91. The molecule has 0 unspecified atom stereocenters. The standard InChI is InChI=1S/C18H22N8O/c19-12-3-1-2-4-13(12)25-18-21-8-11(16(20)27)17(26-18)24-10-5-6-14-15(7-10)23-9-22-14/h5-9,12-13H,1-4,19H2,(H2,20,27)(H,22,23)(H2,21,24,25,26)/t12-,13+/m0/s1. The molecule has 140 valence electrons. The number of hydrogen-bond acceptors (Lipinski definition) is 7. The van der Waals surface area contributed by atoms with Crippen molar-refractivity contribution in [1.29, 1.82) is 0 Å². The van der Waals surface area contributed by atoms with E-state index in [1.807, 2.05) is 18.2 Å². The van der Waals surface area contributed by atoms with Crippen LogP contribution in [-0.2, 0) is 0 Å². The molecule has 2 aromatic heterocycles. The van der Waals surface area contributed by atoms with Gasteiger partial charge in [0.25, 0.3) is 5.91 Å². The van der Waals surface area contributed by atoms with E-state index < -0.39 is 5.91 Å². The van der Waals surface area contributed by atoms with E-state index in [4.69, 9.17) is 11.5 Å². The van der Waals surface area contributed by atoms with Crippen molar-refractivity contribution in [3.63, 3.8) is 0 Å². The van der Waals surface area contributed by atoms with Crippen molar-refractivity contribution >= 4 is 34.4 Å². The van der Waals surface area contributed by atoms with Crippen molar-refractivity contribution in [1.82, 2.24) is 19.9 Å². The molecule has 27 heavy (non-hydrogen) atoms. The Morgan fingerprint density at radius 2 is 2.07 bits per heavy atom. The minimum atomic E-state index is -0.596. The topological polar surface area (TPSA) is 148 Å². The second-order valence-electron chi connectivity index (χ2n) is 6.78. The fourth-order valence-corrected chi connectivity index (χ4v) is 3.38.